The molecule has 0 saturated carbocycles. The molecule has 2 aromatic rings. The van der Waals surface area contributed by atoms with E-state index in [2.05, 4.69) is 4.72 Å². The molecule has 0 aliphatic carbocycles. The molecule has 0 radical (unpaired) electrons. The Bertz CT molecular complexity index is 934. The zero-order chi connectivity index (χ0) is 20.7. The standard InChI is InChI=1S/C19H21Cl2NO5S/c1-3-27-19(23)11-18(14-5-4-6-15(10-14)26-2)22-28(24,25)12-13-7-8-16(20)17(21)9-13/h4-10,18,22H,3,11-12H2,1-2H3. The number of benzene rings is 2. The van der Waals surface area contributed by atoms with Crippen LogP contribution in [0.2, 0.25) is 10.0 Å². The Labute approximate surface area is 174 Å². The molecule has 0 amide bonds. The molecular weight excluding hydrogens is 425 g/mol. The Morgan fingerprint density at radius 1 is 1.14 bits per heavy atom. The number of rotatable bonds is 9. The van der Waals surface area contributed by atoms with Gasteiger partial charge in [0, 0.05) is 0 Å². The van der Waals surface area contributed by atoms with Gasteiger partial charge in [0.25, 0.3) is 0 Å². The van der Waals surface area contributed by atoms with Crippen LogP contribution in [0.5, 0.6) is 5.75 Å². The van der Waals surface area contributed by atoms with E-state index in [1.807, 2.05) is 0 Å². The molecule has 1 N–H and O–H groups in total. The van der Waals surface area contributed by atoms with Gasteiger partial charge in [0.2, 0.25) is 10.0 Å². The zero-order valence-electron chi connectivity index (χ0n) is 15.4. The first kappa shape index (κ1) is 22.5. The lowest BCUT2D eigenvalue weighted by Gasteiger charge is -2.19. The molecule has 0 aromatic heterocycles. The van der Waals surface area contributed by atoms with Crippen LogP contribution in [0.15, 0.2) is 42.5 Å². The molecule has 0 heterocycles. The number of carbonyl (C=O) groups excluding carboxylic acids is 1. The van der Waals surface area contributed by atoms with E-state index < -0.39 is 22.0 Å². The van der Waals surface area contributed by atoms with Crippen molar-refractivity contribution in [2.24, 2.45) is 0 Å². The fourth-order valence-electron chi connectivity index (χ4n) is 2.58. The maximum atomic E-state index is 12.7. The van der Waals surface area contributed by atoms with Crippen molar-refractivity contribution >= 4 is 39.2 Å². The SMILES string of the molecule is CCOC(=O)CC(NS(=O)(=O)Cc1ccc(Cl)c(Cl)c1)c1cccc(OC)c1. The Kier molecular flexibility index (Phi) is 8.12. The lowest BCUT2D eigenvalue weighted by atomic mass is 10.0. The van der Waals surface area contributed by atoms with Gasteiger partial charge in [-0.25, -0.2) is 13.1 Å². The van der Waals surface area contributed by atoms with Crippen LogP contribution in [-0.4, -0.2) is 28.1 Å². The molecule has 2 aromatic carbocycles. The first-order valence-corrected chi connectivity index (χ1v) is 10.9. The monoisotopic (exact) mass is 445 g/mol. The summed E-state index contributed by atoms with van der Waals surface area (Å²) in [6, 6.07) is 10.7. The highest BCUT2D eigenvalue weighted by molar-refractivity contribution is 7.88. The molecule has 0 saturated heterocycles. The Morgan fingerprint density at radius 3 is 2.54 bits per heavy atom. The van der Waals surface area contributed by atoms with Crippen molar-refractivity contribution in [3.63, 3.8) is 0 Å². The maximum Gasteiger partial charge on any atom is 0.307 e. The molecular formula is C19H21Cl2NO5S. The largest absolute Gasteiger partial charge is 0.497 e. The van der Waals surface area contributed by atoms with Crippen molar-refractivity contribution in [2.45, 2.75) is 25.1 Å². The van der Waals surface area contributed by atoms with E-state index in [0.717, 1.165) is 0 Å². The van der Waals surface area contributed by atoms with E-state index in [-0.39, 0.29) is 23.8 Å². The molecule has 6 nitrogen and oxygen atoms in total. The predicted octanol–water partition coefficient (Wildman–Crippen LogP) is 4.12. The highest BCUT2D eigenvalue weighted by Crippen LogP contribution is 2.26. The second-order valence-electron chi connectivity index (χ2n) is 5.96. The predicted molar refractivity (Wildman–Crippen MR) is 109 cm³/mol. The lowest BCUT2D eigenvalue weighted by Crippen LogP contribution is -2.31. The van der Waals surface area contributed by atoms with Gasteiger partial charge in [0.15, 0.2) is 0 Å². The molecule has 0 aliphatic heterocycles. The van der Waals surface area contributed by atoms with Crippen LogP contribution < -0.4 is 9.46 Å². The van der Waals surface area contributed by atoms with Crippen molar-refractivity contribution in [1.29, 1.82) is 0 Å². The van der Waals surface area contributed by atoms with Crippen molar-refractivity contribution < 1.29 is 22.7 Å². The van der Waals surface area contributed by atoms with Crippen LogP contribution in [-0.2, 0) is 25.3 Å². The quantitative estimate of drug-likeness (QED) is 0.587. The highest BCUT2D eigenvalue weighted by atomic mass is 35.5. The first-order valence-electron chi connectivity index (χ1n) is 8.47. The summed E-state index contributed by atoms with van der Waals surface area (Å²) >= 11 is 11.8. The number of hydrogen-bond acceptors (Lipinski definition) is 5. The molecule has 0 fully saturated rings. The van der Waals surface area contributed by atoms with Crippen LogP contribution in [0.3, 0.4) is 0 Å². The van der Waals surface area contributed by atoms with E-state index >= 15 is 0 Å². The van der Waals surface area contributed by atoms with E-state index in [4.69, 9.17) is 32.7 Å². The number of esters is 1. The molecule has 1 atom stereocenters. The third kappa shape index (κ3) is 6.67. The molecule has 9 heteroatoms. The molecule has 28 heavy (non-hydrogen) atoms. The second kappa shape index (κ2) is 10.1. The maximum absolute atomic E-state index is 12.7. The molecule has 152 valence electrons. The molecule has 0 spiro atoms. The zero-order valence-corrected chi connectivity index (χ0v) is 17.8. The van der Waals surface area contributed by atoms with Gasteiger partial charge in [-0.1, -0.05) is 41.4 Å². The number of sulfonamides is 1. The van der Waals surface area contributed by atoms with Gasteiger partial charge in [0.05, 0.1) is 42.0 Å². The summed E-state index contributed by atoms with van der Waals surface area (Å²) in [5.41, 5.74) is 1.06. The Hall–Kier alpha value is -1.80. The number of halogens is 2. The van der Waals surface area contributed by atoms with Crippen LogP contribution in [0.1, 0.15) is 30.5 Å². The normalized spacial score (nSPS) is 12.4. The number of carbonyl (C=O) groups is 1. The summed E-state index contributed by atoms with van der Waals surface area (Å²) in [5, 5.41) is 0.609. The van der Waals surface area contributed by atoms with Gasteiger partial charge in [0.1, 0.15) is 5.75 Å². The highest BCUT2D eigenvalue weighted by Gasteiger charge is 2.24. The fourth-order valence-corrected chi connectivity index (χ4v) is 4.25. The average Bonchev–Trinajstić information content (AvgIpc) is 2.64. The average molecular weight is 446 g/mol. The minimum atomic E-state index is -3.79. The van der Waals surface area contributed by atoms with Crippen LogP contribution in [0, 0.1) is 0 Å². The number of nitrogens with one attached hydrogen (secondary N) is 1. The number of hydrogen-bond donors (Lipinski definition) is 1. The summed E-state index contributed by atoms with van der Waals surface area (Å²) in [6.45, 7) is 1.90. The summed E-state index contributed by atoms with van der Waals surface area (Å²) in [4.78, 5) is 12.0. The van der Waals surface area contributed by atoms with Crippen LogP contribution >= 0.6 is 23.2 Å². The van der Waals surface area contributed by atoms with Crippen molar-refractivity contribution in [3.8, 4) is 5.75 Å². The smallest absolute Gasteiger partial charge is 0.307 e. The van der Waals surface area contributed by atoms with Gasteiger partial charge in [-0.15, -0.1) is 0 Å². The fraction of sp³-hybridized carbons (Fsp3) is 0.316. The first-order chi connectivity index (χ1) is 13.2. The number of ether oxygens (including phenoxy) is 2. The van der Waals surface area contributed by atoms with Crippen molar-refractivity contribution in [2.75, 3.05) is 13.7 Å². The van der Waals surface area contributed by atoms with Gasteiger partial charge < -0.3 is 9.47 Å². The summed E-state index contributed by atoms with van der Waals surface area (Å²) in [7, 11) is -2.28. The molecule has 1 unspecified atom stereocenters. The van der Waals surface area contributed by atoms with Crippen molar-refractivity contribution in [1.82, 2.24) is 4.72 Å². The Balaban J connectivity index is 2.26. The number of methoxy groups -OCH3 is 1. The summed E-state index contributed by atoms with van der Waals surface area (Å²) < 4.78 is 38.1. The van der Waals surface area contributed by atoms with Gasteiger partial charge in [-0.3, -0.25) is 4.79 Å². The van der Waals surface area contributed by atoms with Crippen LogP contribution in [0.4, 0.5) is 0 Å². The third-order valence-corrected chi connectivity index (χ3v) is 5.93. The summed E-state index contributed by atoms with van der Waals surface area (Å²) in [6.07, 6.45) is -0.151. The molecule has 0 aliphatic rings. The summed E-state index contributed by atoms with van der Waals surface area (Å²) in [5.74, 6) is -0.268. The molecule has 0 bridgehead atoms. The minimum absolute atomic E-state index is 0.151. The van der Waals surface area contributed by atoms with Crippen LogP contribution in [0.25, 0.3) is 0 Å². The topological polar surface area (TPSA) is 81.7 Å². The Morgan fingerprint density at radius 2 is 1.89 bits per heavy atom. The van der Waals surface area contributed by atoms with Gasteiger partial charge in [-0.05, 0) is 42.3 Å². The van der Waals surface area contributed by atoms with E-state index in [1.54, 1.807) is 37.3 Å². The van der Waals surface area contributed by atoms with E-state index in [9.17, 15) is 13.2 Å². The van der Waals surface area contributed by atoms with E-state index in [1.165, 1.54) is 19.2 Å². The minimum Gasteiger partial charge on any atom is -0.497 e. The van der Waals surface area contributed by atoms with Gasteiger partial charge >= 0.3 is 5.97 Å². The van der Waals surface area contributed by atoms with Gasteiger partial charge in [-0.2, -0.15) is 0 Å². The van der Waals surface area contributed by atoms with Crippen molar-refractivity contribution in [3.05, 3.63) is 63.6 Å². The van der Waals surface area contributed by atoms with E-state index in [0.29, 0.717) is 21.9 Å². The lowest BCUT2D eigenvalue weighted by molar-refractivity contribution is -0.143. The molecule has 2 rings (SSSR count). The second-order valence-corrected chi connectivity index (χ2v) is 8.53. The third-order valence-electron chi connectivity index (χ3n) is 3.83.